The highest BCUT2D eigenvalue weighted by Crippen LogP contribution is 2.54. The number of alkyl halides is 4. The van der Waals surface area contributed by atoms with Gasteiger partial charge in [-0.05, 0) is 43.4 Å². The number of rotatable bonds is 9. The Balaban J connectivity index is 1.45. The van der Waals surface area contributed by atoms with E-state index in [0.717, 1.165) is 18.7 Å². The van der Waals surface area contributed by atoms with E-state index in [9.17, 15) is 31.9 Å². The van der Waals surface area contributed by atoms with E-state index in [0.29, 0.717) is 12.1 Å². The van der Waals surface area contributed by atoms with Crippen LogP contribution in [-0.4, -0.2) is 45.7 Å². The summed E-state index contributed by atoms with van der Waals surface area (Å²) in [7, 11) is 1.50. The molecule has 2 unspecified atom stereocenters. The highest BCUT2D eigenvalue weighted by Gasteiger charge is 2.60. The number of ketones is 1. The Morgan fingerprint density at radius 3 is 2.59 bits per heavy atom. The molecular formula is C25H28F4N7O3+. The Hall–Kier alpha value is -3.94. The second-order valence-electron chi connectivity index (χ2n) is 10.2. The minimum atomic E-state index is -3.02. The van der Waals surface area contributed by atoms with Gasteiger partial charge in [0.15, 0.2) is 0 Å². The van der Waals surface area contributed by atoms with Gasteiger partial charge in [0.2, 0.25) is 0 Å². The summed E-state index contributed by atoms with van der Waals surface area (Å²) in [4.78, 5) is 43.6. The number of carbonyl (C=O) groups is 3. The topological polar surface area (TPSA) is 145 Å². The highest BCUT2D eigenvalue weighted by molar-refractivity contribution is 6.44. The summed E-state index contributed by atoms with van der Waals surface area (Å²) in [5.74, 6) is -1.99. The van der Waals surface area contributed by atoms with E-state index in [1.165, 1.54) is 26.2 Å². The number of likely N-dealkylation sites (N-methyl/N-ethyl adjacent to an activating group) is 1. The first-order valence-electron chi connectivity index (χ1n) is 12.4. The number of carbonyl (C=O) groups excluding carboxylic acids is 3. The number of halogens is 4. The Morgan fingerprint density at radius 1 is 1.26 bits per heavy atom. The van der Waals surface area contributed by atoms with Crippen molar-refractivity contribution in [1.29, 1.82) is 0 Å². The minimum Gasteiger partial charge on any atom is -0.388 e. The van der Waals surface area contributed by atoms with Gasteiger partial charge in [0.05, 0.1) is 23.0 Å². The van der Waals surface area contributed by atoms with E-state index in [-0.39, 0.29) is 40.2 Å². The Labute approximate surface area is 220 Å². The summed E-state index contributed by atoms with van der Waals surface area (Å²) in [6, 6.07) is 2.41. The van der Waals surface area contributed by atoms with E-state index < -0.39 is 54.0 Å². The number of hydrogen-bond donors (Lipinski definition) is 5. The number of quaternary nitrogens is 1. The zero-order valence-corrected chi connectivity index (χ0v) is 21.2. The van der Waals surface area contributed by atoms with Crippen molar-refractivity contribution in [2.24, 2.45) is 5.92 Å². The Bertz CT molecular complexity index is 1400. The lowest BCUT2D eigenvalue weighted by molar-refractivity contribution is -0.428. The maximum Gasteiger partial charge on any atom is 0.293 e. The van der Waals surface area contributed by atoms with Crippen molar-refractivity contribution in [3.05, 3.63) is 58.4 Å². The largest absolute Gasteiger partial charge is 0.388 e. The van der Waals surface area contributed by atoms with Crippen molar-refractivity contribution in [3.8, 4) is 0 Å². The fraction of sp³-hybridized carbons (Fsp3) is 0.440. The first kappa shape index (κ1) is 26.7. The lowest BCUT2D eigenvalue weighted by Gasteiger charge is -2.48. The van der Waals surface area contributed by atoms with Crippen LogP contribution in [0.2, 0.25) is 0 Å². The van der Waals surface area contributed by atoms with Crippen LogP contribution in [0.25, 0.3) is 0 Å². The molecule has 1 aliphatic heterocycles. The standard InChI is InChI=1S/C25H27F4N7O3/c1-11-18(20(37)23(39)35-24(9-25(28,29)10-24)17(31-2)8-33-30)16-6-12-5-15(12)36(16)19(11)22(38)34-13-3-4-32-14(7-13)21(26)27/h3-4,7-8,12,15,21,31,33H,5-6,9-10,30H2,1-2H3,(H,35,39)(H,32,34,38)/p+1. The third-order valence-corrected chi connectivity index (χ3v) is 7.64. The zero-order chi connectivity index (χ0) is 28.3. The van der Waals surface area contributed by atoms with Gasteiger partial charge in [0, 0.05) is 43.5 Å². The molecule has 10 nitrogen and oxygen atoms in total. The van der Waals surface area contributed by atoms with Crippen LogP contribution in [0.4, 0.5) is 23.2 Å². The molecule has 208 valence electrons. The Kier molecular flexibility index (Phi) is 6.40. The number of Topliss-reactive ketones (excluding diaryl/α,β-unsaturated/α-hetero) is 1. The summed E-state index contributed by atoms with van der Waals surface area (Å²) in [5, 5.41) is 7.87. The smallest absolute Gasteiger partial charge is 0.293 e. The quantitative estimate of drug-likeness (QED) is 0.139. The maximum absolute atomic E-state index is 14.0. The van der Waals surface area contributed by atoms with Gasteiger partial charge in [0.25, 0.3) is 29.9 Å². The van der Waals surface area contributed by atoms with Gasteiger partial charge in [-0.3, -0.25) is 25.2 Å². The number of fused-ring (bicyclic) bond motifs is 3. The van der Waals surface area contributed by atoms with Gasteiger partial charge in [-0.2, -0.15) is 0 Å². The molecular weight excluding hydrogens is 522 g/mol. The average Bonchev–Trinajstić information content (AvgIpc) is 3.43. The van der Waals surface area contributed by atoms with Crippen molar-refractivity contribution in [3.63, 3.8) is 0 Å². The molecule has 2 amide bonds. The second kappa shape index (κ2) is 9.36. The summed E-state index contributed by atoms with van der Waals surface area (Å²) < 4.78 is 55.8. The molecule has 14 heteroatoms. The molecule has 7 N–H and O–H groups in total. The van der Waals surface area contributed by atoms with Crippen LogP contribution >= 0.6 is 0 Å². The molecule has 0 radical (unpaired) electrons. The van der Waals surface area contributed by atoms with Crippen LogP contribution in [0.5, 0.6) is 0 Å². The van der Waals surface area contributed by atoms with Crippen molar-refractivity contribution < 1.29 is 37.8 Å². The molecule has 3 aliphatic rings. The molecule has 2 aromatic rings. The van der Waals surface area contributed by atoms with Crippen LogP contribution in [0, 0.1) is 12.8 Å². The molecule has 0 saturated heterocycles. The first-order valence-corrected chi connectivity index (χ1v) is 12.4. The van der Waals surface area contributed by atoms with Crippen molar-refractivity contribution in [1.82, 2.24) is 25.6 Å². The molecule has 2 aliphatic carbocycles. The fourth-order valence-corrected chi connectivity index (χ4v) is 5.89. The number of nitrogens with zero attached hydrogens (tertiary/aromatic N) is 2. The molecule has 2 saturated carbocycles. The van der Waals surface area contributed by atoms with E-state index in [1.54, 1.807) is 4.57 Å². The first-order chi connectivity index (χ1) is 18.4. The molecule has 0 spiro atoms. The average molecular weight is 551 g/mol. The maximum atomic E-state index is 14.0. The third kappa shape index (κ3) is 4.51. The summed E-state index contributed by atoms with van der Waals surface area (Å²) in [5.41, 5.74) is 1.84. The molecule has 5 rings (SSSR count). The number of pyridine rings is 1. The van der Waals surface area contributed by atoms with Crippen LogP contribution < -0.4 is 27.2 Å². The van der Waals surface area contributed by atoms with Gasteiger partial charge in [-0.1, -0.05) is 0 Å². The fourth-order valence-electron chi connectivity index (χ4n) is 5.89. The van der Waals surface area contributed by atoms with Gasteiger partial charge < -0.3 is 20.5 Å². The normalized spacial score (nSPS) is 21.9. The summed E-state index contributed by atoms with van der Waals surface area (Å²) in [6.07, 6.45) is -0.448. The zero-order valence-electron chi connectivity index (χ0n) is 21.2. The van der Waals surface area contributed by atoms with E-state index >= 15 is 0 Å². The molecule has 0 bridgehead atoms. The number of nitrogens with one attached hydrogen (secondary N) is 4. The van der Waals surface area contributed by atoms with Crippen molar-refractivity contribution >= 4 is 23.3 Å². The lowest BCUT2D eigenvalue weighted by Crippen LogP contribution is -2.67. The van der Waals surface area contributed by atoms with Gasteiger partial charge >= 0.3 is 0 Å². The molecule has 2 aromatic heterocycles. The van der Waals surface area contributed by atoms with E-state index in [4.69, 9.17) is 0 Å². The van der Waals surface area contributed by atoms with Gasteiger partial charge in [0.1, 0.15) is 11.4 Å². The van der Waals surface area contributed by atoms with Gasteiger partial charge in [-0.25, -0.2) is 23.0 Å². The molecule has 2 fully saturated rings. The van der Waals surface area contributed by atoms with Crippen LogP contribution in [0.3, 0.4) is 0 Å². The number of amides is 2. The minimum absolute atomic E-state index is 0.0169. The highest BCUT2D eigenvalue weighted by atomic mass is 19.3. The van der Waals surface area contributed by atoms with Crippen LogP contribution in [0.1, 0.15) is 69.5 Å². The SMILES string of the molecule is CNC(=CN[NH3+])C1(NC(=O)C(=O)c2c(C)c(C(=O)Nc3ccnc(C(F)F)c3)n3c2CC2CC23)CC(F)(F)C1. The second-order valence-corrected chi connectivity index (χ2v) is 10.2. The molecule has 0 aromatic carbocycles. The molecule has 2 atom stereocenters. The number of hydrogen-bond acceptors (Lipinski definition) is 6. The predicted octanol–water partition coefficient (Wildman–Crippen LogP) is 1.77. The summed E-state index contributed by atoms with van der Waals surface area (Å²) >= 11 is 0. The van der Waals surface area contributed by atoms with E-state index in [1.807, 2.05) is 0 Å². The van der Waals surface area contributed by atoms with Crippen molar-refractivity contribution in [2.75, 3.05) is 12.4 Å². The third-order valence-electron chi connectivity index (χ3n) is 7.64. The van der Waals surface area contributed by atoms with Crippen LogP contribution in [0.15, 0.2) is 30.2 Å². The number of anilines is 1. The number of aromatic nitrogens is 2. The molecule has 39 heavy (non-hydrogen) atoms. The van der Waals surface area contributed by atoms with Crippen molar-refractivity contribution in [2.45, 2.75) is 56.5 Å². The summed E-state index contributed by atoms with van der Waals surface area (Å²) in [6.45, 7) is 1.54. The Morgan fingerprint density at radius 2 is 1.97 bits per heavy atom. The van der Waals surface area contributed by atoms with E-state index in [2.05, 4.69) is 32.2 Å². The lowest BCUT2D eigenvalue weighted by atomic mass is 9.71. The predicted molar refractivity (Wildman–Crippen MR) is 130 cm³/mol. The molecule has 3 heterocycles. The monoisotopic (exact) mass is 550 g/mol. The van der Waals surface area contributed by atoms with Crippen LogP contribution in [-0.2, 0) is 11.2 Å². The van der Waals surface area contributed by atoms with Gasteiger partial charge in [-0.15, -0.1) is 0 Å².